The summed E-state index contributed by atoms with van der Waals surface area (Å²) in [5.74, 6) is 1.58. The van der Waals surface area contributed by atoms with Crippen LogP contribution < -0.4 is 0 Å². The minimum Gasteiger partial charge on any atom is -0.309 e. The van der Waals surface area contributed by atoms with Gasteiger partial charge in [0.2, 0.25) is 0 Å². The average molecular weight is 437 g/mol. The molecule has 0 amide bonds. The van der Waals surface area contributed by atoms with Gasteiger partial charge in [0.15, 0.2) is 5.82 Å². The van der Waals surface area contributed by atoms with E-state index in [9.17, 15) is 0 Å². The molecule has 4 heteroatoms. The predicted octanol–water partition coefficient (Wildman–Crippen LogP) is 7.18. The maximum atomic E-state index is 4.88. The monoisotopic (exact) mass is 436 g/mol. The Bertz CT molecular complexity index is 1790. The molecule has 0 aliphatic heterocycles. The maximum Gasteiger partial charge on any atom is 0.161 e. The van der Waals surface area contributed by atoms with E-state index in [1.807, 2.05) is 42.6 Å². The summed E-state index contributed by atoms with van der Waals surface area (Å²) in [6, 6.07) is 37.9. The summed E-state index contributed by atoms with van der Waals surface area (Å²) in [7, 11) is 0. The van der Waals surface area contributed by atoms with Gasteiger partial charge in [-0.2, -0.15) is 0 Å². The summed E-state index contributed by atoms with van der Waals surface area (Å²) < 4.78 is 4.50. The number of fused-ring (bicyclic) bond motifs is 4. The van der Waals surface area contributed by atoms with E-state index in [1.54, 1.807) is 0 Å². The van der Waals surface area contributed by atoms with Gasteiger partial charge in [-0.25, -0.2) is 9.97 Å². The smallest absolute Gasteiger partial charge is 0.161 e. The molecule has 7 rings (SSSR count). The van der Waals surface area contributed by atoms with Crippen LogP contribution in [0.5, 0.6) is 0 Å². The minimum atomic E-state index is 0.724. The molecular weight excluding hydrogens is 416 g/mol. The second kappa shape index (κ2) is 7.42. The van der Waals surface area contributed by atoms with Crippen molar-refractivity contribution in [3.05, 3.63) is 122 Å². The highest BCUT2D eigenvalue weighted by Gasteiger charge is 2.15. The van der Waals surface area contributed by atoms with E-state index in [1.165, 1.54) is 27.2 Å². The molecule has 4 aromatic carbocycles. The molecule has 0 N–H and O–H groups in total. The zero-order valence-corrected chi connectivity index (χ0v) is 18.3. The average Bonchev–Trinajstić information content (AvgIpc) is 3.47. The predicted molar refractivity (Wildman–Crippen MR) is 139 cm³/mol. The Morgan fingerprint density at radius 2 is 1.35 bits per heavy atom. The molecule has 4 nitrogen and oxygen atoms in total. The van der Waals surface area contributed by atoms with E-state index in [4.69, 9.17) is 4.98 Å². The first-order valence-corrected chi connectivity index (χ1v) is 11.4. The van der Waals surface area contributed by atoms with Crippen molar-refractivity contribution in [1.29, 1.82) is 0 Å². The zero-order valence-electron chi connectivity index (χ0n) is 18.3. The Hall–Kier alpha value is -4.70. The fourth-order valence-electron chi connectivity index (χ4n) is 4.86. The third-order valence-electron chi connectivity index (χ3n) is 6.42. The maximum absolute atomic E-state index is 4.88. The van der Waals surface area contributed by atoms with Crippen molar-refractivity contribution in [2.24, 2.45) is 0 Å². The minimum absolute atomic E-state index is 0.724. The van der Waals surface area contributed by atoms with Crippen molar-refractivity contribution < 1.29 is 0 Å². The molecule has 7 aromatic rings. The topological polar surface area (TPSA) is 35.6 Å². The van der Waals surface area contributed by atoms with E-state index in [0.29, 0.717) is 0 Å². The molecule has 0 saturated heterocycles. The van der Waals surface area contributed by atoms with Crippen LogP contribution in [0, 0.1) is 0 Å². The number of benzene rings is 4. The van der Waals surface area contributed by atoms with Gasteiger partial charge >= 0.3 is 0 Å². The summed E-state index contributed by atoms with van der Waals surface area (Å²) in [6.07, 6.45) is 3.92. The Balaban J connectivity index is 1.48. The van der Waals surface area contributed by atoms with E-state index < -0.39 is 0 Å². The number of rotatable bonds is 3. The normalized spacial score (nSPS) is 11.5. The Morgan fingerprint density at radius 1 is 0.588 bits per heavy atom. The van der Waals surface area contributed by atoms with Gasteiger partial charge in [-0.1, -0.05) is 66.7 Å². The SMILES string of the molecule is c1ccc(-c2nccc(-n3ccc4cc5c(cc43)c3ccccc3n5-c3ccccc3)n2)cc1. The summed E-state index contributed by atoms with van der Waals surface area (Å²) in [5, 5.41) is 3.64. The first kappa shape index (κ1) is 18.8. The van der Waals surface area contributed by atoms with Gasteiger partial charge in [0.25, 0.3) is 0 Å². The first-order chi connectivity index (χ1) is 16.9. The second-order valence-electron chi connectivity index (χ2n) is 8.41. The summed E-state index contributed by atoms with van der Waals surface area (Å²) in [6.45, 7) is 0. The molecule has 0 aliphatic rings. The Kier molecular flexibility index (Phi) is 4.11. The van der Waals surface area contributed by atoms with Crippen LogP contribution in [0.15, 0.2) is 122 Å². The van der Waals surface area contributed by atoms with E-state index in [2.05, 4.69) is 93.1 Å². The fraction of sp³-hybridized carbons (Fsp3) is 0. The van der Waals surface area contributed by atoms with Crippen molar-refractivity contribution in [2.45, 2.75) is 0 Å². The van der Waals surface area contributed by atoms with E-state index in [0.717, 1.165) is 28.4 Å². The van der Waals surface area contributed by atoms with E-state index in [-0.39, 0.29) is 0 Å². The highest BCUT2D eigenvalue weighted by atomic mass is 15.1. The highest BCUT2D eigenvalue weighted by molar-refractivity contribution is 6.13. The molecule has 3 aromatic heterocycles. The molecule has 0 spiro atoms. The lowest BCUT2D eigenvalue weighted by molar-refractivity contribution is 1.02. The number of nitrogens with zero attached hydrogens (tertiary/aromatic N) is 4. The van der Waals surface area contributed by atoms with Crippen LogP contribution in [0.4, 0.5) is 0 Å². The molecule has 3 heterocycles. The van der Waals surface area contributed by atoms with Gasteiger partial charge in [0.1, 0.15) is 5.82 Å². The molecule has 34 heavy (non-hydrogen) atoms. The fourth-order valence-corrected chi connectivity index (χ4v) is 4.86. The standard InChI is InChI=1S/C30H20N4/c1-3-9-21(10-4-1)30-31-17-15-29(32-30)33-18-16-22-19-28-25(20-27(22)33)24-13-7-8-14-26(24)34(28)23-11-5-2-6-12-23/h1-20H. The van der Waals surface area contributed by atoms with Gasteiger partial charge in [-0.05, 0) is 42.5 Å². The molecule has 0 unspecified atom stereocenters. The molecule has 0 atom stereocenters. The van der Waals surface area contributed by atoms with E-state index >= 15 is 0 Å². The Labute approximate surface area is 196 Å². The van der Waals surface area contributed by atoms with Gasteiger partial charge in [0, 0.05) is 39.8 Å². The largest absolute Gasteiger partial charge is 0.309 e. The number of aromatic nitrogens is 4. The van der Waals surface area contributed by atoms with Crippen molar-refractivity contribution in [2.75, 3.05) is 0 Å². The highest BCUT2D eigenvalue weighted by Crippen LogP contribution is 2.35. The number of hydrogen-bond acceptors (Lipinski definition) is 2. The quantitative estimate of drug-likeness (QED) is 0.294. The van der Waals surface area contributed by atoms with Crippen LogP contribution >= 0.6 is 0 Å². The van der Waals surface area contributed by atoms with Crippen LogP contribution in [0.1, 0.15) is 0 Å². The van der Waals surface area contributed by atoms with Gasteiger partial charge in [0.05, 0.1) is 16.6 Å². The van der Waals surface area contributed by atoms with Crippen LogP contribution in [-0.4, -0.2) is 19.1 Å². The van der Waals surface area contributed by atoms with Crippen LogP contribution in [0.2, 0.25) is 0 Å². The molecule has 0 radical (unpaired) electrons. The molecule has 160 valence electrons. The lowest BCUT2D eigenvalue weighted by Gasteiger charge is -2.09. The van der Waals surface area contributed by atoms with Crippen molar-refractivity contribution >= 4 is 32.7 Å². The summed E-state index contributed by atoms with van der Waals surface area (Å²) in [5.41, 5.74) is 5.70. The third-order valence-corrected chi connectivity index (χ3v) is 6.42. The Morgan fingerprint density at radius 3 is 2.21 bits per heavy atom. The summed E-state index contributed by atoms with van der Waals surface area (Å²) >= 11 is 0. The molecule has 0 bridgehead atoms. The van der Waals surface area contributed by atoms with Crippen LogP contribution in [0.25, 0.3) is 55.6 Å². The van der Waals surface area contributed by atoms with Crippen molar-refractivity contribution in [3.8, 4) is 22.9 Å². The third kappa shape index (κ3) is 2.86. The van der Waals surface area contributed by atoms with Gasteiger partial charge in [-0.3, -0.25) is 0 Å². The van der Waals surface area contributed by atoms with Crippen LogP contribution in [0.3, 0.4) is 0 Å². The molecule has 0 fully saturated rings. The number of hydrogen-bond donors (Lipinski definition) is 0. The molecular formula is C30H20N4. The molecule has 0 aliphatic carbocycles. The summed E-state index contributed by atoms with van der Waals surface area (Å²) in [4.78, 5) is 9.38. The van der Waals surface area contributed by atoms with Gasteiger partial charge < -0.3 is 9.13 Å². The first-order valence-electron chi connectivity index (χ1n) is 11.4. The second-order valence-corrected chi connectivity index (χ2v) is 8.41. The van der Waals surface area contributed by atoms with Crippen molar-refractivity contribution in [1.82, 2.24) is 19.1 Å². The molecule has 0 saturated carbocycles. The zero-order chi connectivity index (χ0) is 22.5. The van der Waals surface area contributed by atoms with Crippen molar-refractivity contribution in [3.63, 3.8) is 0 Å². The number of para-hydroxylation sites is 2. The van der Waals surface area contributed by atoms with Crippen LogP contribution in [-0.2, 0) is 0 Å². The lowest BCUT2D eigenvalue weighted by atomic mass is 10.1. The van der Waals surface area contributed by atoms with Gasteiger partial charge in [-0.15, -0.1) is 0 Å². The lowest BCUT2D eigenvalue weighted by Crippen LogP contribution is -1.99.